The zero-order valence-electron chi connectivity index (χ0n) is 9.16. The van der Waals surface area contributed by atoms with Crippen LogP contribution in [0.3, 0.4) is 0 Å². The zero-order valence-corrected chi connectivity index (χ0v) is 9.98. The molecule has 10 heteroatoms. The number of nitro groups is 2. The molecule has 96 valence electrons. The predicted octanol–water partition coefficient (Wildman–Crippen LogP) is 1.84. The molecule has 0 atom stereocenters. The number of pyridine rings is 1. The number of hydrogen-bond acceptors (Lipinski definition) is 8. The fourth-order valence-corrected chi connectivity index (χ4v) is 2.09. The normalized spacial score (nSPS) is 10.1. The minimum atomic E-state index is -0.731. The second-order valence-electron chi connectivity index (χ2n) is 3.15. The summed E-state index contributed by atoms with van der Waals surface area (Å²) in [5, 5.41) is 21.9. The Morgan fingerprint density at radius 3 is 2.00 bits per heavy atom. The molecule has 0 radical (unpaired) electrons. The van der Waals surface area contributed by atoms with Crippen molar-refractivity contribution in [2.75, 3.05) is 0 Å². The monoisotopic (exact) mass is 279 g/mol. The van der Waals surface area contributed by atoms with Gasteiger partial charge in [0.2, 0.25) is 0 Å². The Labute approximate surface area is 110 Å². The van der Waals surface area contributed by atoms with Crippen LogP contribution in [0, 0.1) is 20.2 Å². The summed E-state index contributed by atoms with van der Waals surface area (Å²) in [6, 6.07) is 1.57. The summed E-state index contributed by atoms with van der Waals surface area (Å²) in [4.78, 5) is 31.4. The van der Waals surface area contributed by atoms with Crippen molar-refractivity contribution in [3.05, 3.63) is 51.1 Å². The Morgan fingerprint density at radius 2 is 1.53 bits per heavy atom. The first kappa shape index (κ1) is 12.8. The van der Waals surface area contributed by atoms with Crippen LogP contribution >= 0.6 is 11.8 Å². The van der Waals surface area contributed by atoms with Crippen LogP contribution in [0.25, 0.3) is 0 Å². The molecule has 0 aliphatic rings. The molecule has 0 unspecified atom stereocenters. The smallest absolute Gasteiger partial charge is 0.258 e. The summed E-state index contributed by atoms with van der Waals surface area (Å²) < 4.78 is 0. The van der Waals surface area contributed by atoms with Gasteiger partial charge >= 0.3 is 11.4 Å². The van der Waals surface area contributed by atoms with Crippen LogP contribution in [0.15, 0.2) is 40.9 Å². The molecular weight excluding hydrogens is 274 g/mol. The lowest BCUT2D eigenvalue weighted by Crippen LogP contribution is -1.98. The van der Waals surface area contributed by atoms with Gasteiger partial charge in [-0.1, -0.05) is 0 Å². The third-order valence-electron chi connectivity index (χ3n) is 1.99. The van der Waals surface area contributed by atoms with Gasteiger partial charge in [-0.3, -0.25) is 25.2 Å². The number of rotatable bonds is 4. The maximum atomic E-state index is 10.9. The molecule has 0 aromatic carbocycles. The minimum Gasteiger partial charge on any atom is -0.258 e. The molecule has 2 rings (SSSR count). The van der Waals surface area contributed by atoms with Crippen LogP contribution in [0.4, 0.5) is 11.4 Å². The van der Waals surface area contributed by atoms with E-state index >= 15 is 0 Å². The van der Waals surface area contributed by atoms with Gasteiger partial charge in [-0.05, 0) is 17.8 Å². The standard InChI is InChI=1S/C9H5N5O4S/c15-13(16)6-4-10-5-7(14(17)18)8(6)19-9-11-2-1-3-12-9/h1-5H. The molecule has 2 aromatic heterocycles. The molecule has 0 aliphatic heterocycles. The van der Waals surface area contributed by atoms with Crippen LogP contribution in [-0.4, -0.2) is 24.8 Å². The Morgan fingerprint density at radius 1 is 1.00 bits per heavy atom. The van der Waals surface area contributed by atoms with E-state index in [9.17, 15) is 20.2 Å². The highest BCUT2D eigenvalue weighted by Crippen LogP contribution is 2.38. The molecule has 0 saturated carbocycles. The highest BCUT2D eigenvalue weighted by Gasteiger charge is 2.27. The molecule has 9 nitrogen and oxygen atoms in total. The molecule has 0 saturated heterocycles. The van der Waals surface area contributed by atoms with Gasteiger partial charge in [-0.2, -0.15) is 0 Å². The van der Waals surface area contributed by atoms with Crippen molar-refractivity contribution in [2.24, 2.45) is 0 Å². The second kappa shape index (κ2) is 5.35. The fourth-order valence-electron chi connectivity index (χ4n) is 1.22. The maximum Gasteiger partial charge on any atom is 0.308 e. The first-order valence-corrected chi connectivity index (χ1v) is 5.63. The van der Waals surface area contributed by atoms with E-state index in [1.54, 1.807) is 6.07 Å². The van der Waals surface area contributed by atoms with Gasteiger partial charge < -0.3 is 0 Å². The van der Waals surface area contributed by atoms with Gasteiger partial charge in [0.1, 0.15) is 12.4 Å². The molecule has 0 amide bonds. The van der Waals surface area contributed by atoms with Crippen LogP contribution in [-0.2, 0) is 0 Å². The summed E-state index contributed by atoms with van der Waals surface area (Å²) >= 11 is 0.752. The van der Waals surface area contributed by atoms with Gasteiger partial charge in [0.15, 0.2) is 10.1 Å². The van der Waals surface area contributed by atoms with Crippen LogP contribution < -0.4 is 0 Å². The highest BCUT2D eigenvalue weighted by molar-refractivity contribution is 7.99. The Hall–Kier alpha value is -2.62. The van der Waals surface area contributed by atoms with Crippen molar-refractivity contribution in [3.63, 3.8) is 0 Å². The van der Waals surface area contributed by atoms with Crippen molar-refractivity contribution < 1.29 is 9.85 Å². The molecule has 0 fully saturated rings. The minimum absolute atomic E-state index is 0.142. The molecule has 2 heterocycles. The van der Waals surface area contributed by atoms with Crippen molar-refractivity contribution in [1.29, 1.82) is 0 Å². The van der Waals surface area contributed by atoms with Gasteiger partial charge in [0.05, 0.1) is 9.85 Å². The first-order chi connectivity index (χ1) is 9.09. The highest BCUT2D eigenvalue weighted by atomic mass is 32.2. The van der Waals surface area contributed by atoms with Gasteiger partial charge in [-0.25, -0.2) is 9.97 Å². The quantitative estimate of drug-likeness (QED) is 0.471. The summed E-state index contributed by atoms with van der Waals surface area (Å²) in [5.41, 5.74) is -0.904. The SMILES string of the molecule is O=[N+]([O-])c1cncc([N+](=O)[O-])c1Sc1ncccn1. The van der Waals surface area contributed by atoms with Gasteiger partial charge in [0.25, 0.3) is 0 Å². The van der Waals surface area contributed by atoms with Gasteiger partial charge in [0, 0.05) is 12.4 Å². The van der Waals surface area contributed by atoms with Crippen molar-refractivity contribution >= 4 is 23.1 Å². The average Bonchev–Trinajstić information content (AvgIpc) is 2.39. The van der Waals surface area contributed by atoms with E-state index in [2.05, 4.69) is 15.0 Å². The molecule has 0 bridgehead atoms. The lowest BCUT2D eigenvalue weighted by atomic mass is 10.4. The number of hydrogen-bond donors (Lipinski definition) is 0. The molecular formula is C9H5N5O4S. The number of nitrogens with zero attached hydrogens (tertiary/aromatic N) is 5. The lowest BCUT2D eigenvalue weighted by molar-refractivity contribution is -0.400. The van der Waals surface area contributed by atoms with E-state index in [0.717, 1.165) is 24.2 Å². The van der Waals surface area contributed by atoms with Crippen LogP contribution in [0.5, 0.6) is 0 Å². The third kappa shape index (κ3) is 2.80. The van der Waals surface area contributed by atoms with Crippen molar-refractivity contribution in [3.8, 4) is 0 Å². The lowest BCUT2D eigenvalue weighted by Gasteiger charge is -2.01. The summed E-state index contributed by atoms with van der Waals surface area (Å²) in [6.45, 7) is 0. The van der Waals surface area contributed by atoms with Crippen LogP contribution in [0.1, 0.15) is 0 Å². The van der Waals surface area contributed by atoms with E-state index < -0.39 is 21.2 Å². The number of aromatic nitrogens is 3. The van der Waals surface area contributed by atoms with E-state index in [1.165, 1.54) is 12.4 Å². The molecule has 0 aliphatic carbocycles. The Kier molecular flexibility index (Phi) is 3.61. The van der Waals surface area contributed by atoms with E-state index in [4.69, 9.17) is 0 Å². The Bertz CT molecular complexity index is 604. The van der Waals surface area contributed by atoms with Crippen molar-refractivity contribution in [1.82, 2.24) is 15.0 Å². The summed E-state index contributed by atoms with van der Waals surface area (Å²) in [7, 11) is 0. The molecule has 19 heavy (non-hydrogen) atoms. The third-order valence-corrected chi connectivity index (χ3v) is 3.00. The van der Waals surface area contributed by atoms with Crippen LogP contribution in [0.2, 0.25) is 0 Å². The predicted molar refractivity (Wildman–Crippen MR) is 63.7 cm³/mol. The zero-order chi connectivity index (χ0) is 13.8. The average molecular weight is 279 g/mol. The molecule has 0 spiro atoms. The largest absolute Gasteiger partial charge is 0.308 e. The second-order valence-corrected chi connectivity index (χ2v) is 4.13. The maximum absolute atomic E-state index is 10.9. The topological polar surface area (TPSA) is 125 Å². The van der Waals surface area contributed by atoms with E-state index in [-0.39, 0.29) is 10.1 Å². The first-order valence-electron chi connectivity index (χ1n) is 4.81. The molecule has 2 aromatic rings. The Balaban J connectivity index is 2.52. The summed E-state index contributed by atoms with van der Waals surface area (Å²) in [5.74, 6) is 0. The van der Waals surface area contributed by atoms with Crippen molar-refractivity contribution in [2.45, 2.75) is 10.1 Å². The fraction of sp³-hybridized carbons (Fsp3) is 0. The van der Waals surface area contributed by atoms with E-state index in [0.29, 0.717) is 0 Å². The summed E-state index contributed by atoms with van der Waals surface area (Å²) in [6.07, 6.45) is 4.79. The van der Waals surface area contributed by atoms with E-state index in [1.807, 2.05) is 0 Å². The van der Waals surface area contributed by atoms with Gasteiger partial charge in [-0.15, -0.1) is 0 Å². The molecule has 0 N–H and O–H groups in total.